The Hall–Kier alpha value is -2.76. The summed E-state index contributed by atoms with van der Waals surface area (Å²) in [5, 5.41) is 12.2. The fourth-order valence-electron chi connectivity index (χ4n) is 2.29. The van der Waals surface area contributed by atoms with Crippen LogP contribution >= 0.6 is 0 Å². The molecule has 20 heavy (non-hydrogen) atoms. The zero-order chi connectivity index (χ0) is 14.3. The van der Waals surface area contributed by atoms with E-state index < -0.39 is 0 Å². The van der Waals surface area contributed by atoms with E-state index in [-0.39, 0.29) is 5.84 Å². The van der Waals surface area contributed by atoms with Crippen molar-refractivity contribution < 1.29 is 0 Å². The molecule has 0 fully saturated rings. The first kappa shape index (κ1) is 12.3. The summed E-state index contributed by atoms with van der Waals surface area (Å²) in [5.41, 5.74) is 9.61. The molecule has 0 radical (unpaired) electrons. The lowest BCUT2D eigenvalue weighted by Gasteiger charge is -2.07. The standard InChI is InChI=1S/C14H14N6/c1-8-6-9(2)20-14(11(8)12(15)16)18-13(19-20)10-4-3-5-17-7-10/h3-7H,1-2H3,(H3,15,16). The molecular weight excluding hydrogens is 252 g/mol. The molecule has 0 saturated carbocycles. The molecule has 3 heterocycles. The normalized spacial score (nSPS) is 10.9. The lowest BCUT2D eigenvalue weighted by molar-refractivity contribution is 0.912. The zero-order valence-corrected chi connectivity index (χ0v) is 11.3. The van der Waals surface area contributed by atoms with E-state index >= 15 is 0 Å². The van der Waals surface area contributed by atoms with Gasteiger partial charge in [0.25, 0.3) is 0 Å². The van der Waals surface area contributed by atoms with Gasteiger partial charge in [-0.05, 0) is 37.6 Å². The number of nitrogens with zero attached hydrogens (tertiary/aromatic N) is 4. The Bertz CT molecular complexity index is 803. The molecule has 3 aromatic heterocycles. The number of nitrogens with two attached hydrogens (primary N) is 1. The van der Waals surface area contributed by atoms with Crippen molar-refractivity contribution in [3.05, 3.63) is 47.4 Å². The van der Waals surface area contributed by atoms with Crippen LogP contribution in [0.1, 0.15) is 16.8 Å². The van der Waals surface area contributed by atoms with Gasteiger partial charge in [-0.1, -0.05) is 0 Å². The van der Waals surface area contributed by atoms with Gasteiger partial charge in [0.1, 0.15) is 5.84 Å². The van der Waals surface area contributed by atoms with E-state index in [1.165, 1.54) is 0 Å². The Morgan fingerprint density at radius 3 is 2.80 bits per heavy atom. The third kappa shape index (κ3) is 1.82. The number of nitrogens with one attached hydrogen (secondary N) is 1. The van der Waals surface area contributed by atoms with Crippen LogP contribution < -0.4 is 5.73 Å². The number of amidine groups is 1. The van der Waals surface area contributed by atoms with E-state index in [4.69, 9.17) is 11.1 Å². The Morgan fingerprint density at radius 1 is 1.35 bits per heavy atom. The van der Waals surface area contributed by atoms with E-state index in [1.807, 2.05) is 32.0 Å². The lowest BCUT2D eigenvalue weighted by atomic mass is 10.1. The highest BCUT2D eigenvalue weighted by Gasteiger charge is 2.15. The van der Waals surface area contributed by atoms with Crippen LogP contribution in [0.3, 0.4) is 0 Å². The van der Waals surface area contributed by atoms with Crippen LogP contribution in [0.25, 0.3) is 17.0 Å². The molecule has 3 N–H and O–H groups in total. The van der Waals surface area contributed by atoms with Crippen LogP contribution in [-0.2, 0) is 0 Å². The van der Waals surface area contributed by atoms with E-state index in [0.717, 1.165) is 16.8 Å². The maximum Gasteiger partial charge on any atom is 0.183 e. The summed E-state index contributed by atoms with van der Waals surface area (Å²) in [5.74, 6) is 0.576. The minimum Gasteiger partial charge on any atom is -0.384 e. The predicted molar refractivity (Wildman–Crippen MR) is 76.7 cm³/mol. The number of fused-ring (bicyclic) bond motifs is 1. The third-order valence-electron chi connectivity index (χ3n) is 3.17. The molecule has 0 bridgehead atoms. The third-order valence-corrected chi connectivity index (χ3v) is 3.17. The largest absolute Gasteiger partial charge is 0.384 e. The molecule has 3 rings (SSSR count). The van der Waals surface area contributed by atoms with Crippen LogP contribution in [-0.4, -0.2) is 25.4 Å². The Morgan fingerprint density at radius 2 is 2.15 bits per heavy atom. The fourth-order valence-corrected chi connectivity index (χ4v) is 2.29. The van der Waals surface area contributed by atoms with Crippen LogP contribution in [0.5, 0.6) is 0 Å². The van der Waals surface area contributed by atoms with Gasteiger partial charge in [0.05, 0.1) is 5.56 Å². The predicted octanol–water partition coefficient (Wildman–Crippen LogP) is 1.69. The first-order chi connectivity index (χ1) is 9.58. The van der Waals surface area contributed by atoms with Gasteiger partial charge in [0, 0.05) is 23.7 Å². The summed E-state index contributed by atoms with van der Waals surface area (Å²) in [4.78, 5) is 8.59. The molecule has 0 amide bonds. The van der Waals surface area contributed by atoms with Gasteiger partial charge in [-0.25, -0.2) is 9.50 Å². The second kappa shape index (κ2) is 4.41. The molecule has 6 nitrogen and oxygen atoms in total. The van der Waals surface area contributed by atoms with E-state index in [0.29, 0.717) is 17.0 Å². The molecule has 0 aliphatic heterocycles. The topological polar surface area (TPSA) is 93.0 Å². The quantitative estimate of drug-likeness (QED) is 0.545. The summed E-state index contributed by atoms with van der Waals surface area (Å²) in [6.07, 6.45) is 3.42. The van der Waals surface area contributed by atoms with Crippen LogP contribution in [0, 0.1) is 19.3 Å². The summed E-state index contributed by atoms with van der Waals surface area (Å²) in [6.45, 7) is 3.87. The number of rotatable bonds is 2. The van der Waals surface area contributed by atoms with Crippen LogP contribution in [0.2, 0.25) is 0 Å². The van der Waals surface area contributed by atoms with Gasteiger partial charge >= 0.3 is 0 Å². The maximum atomic E-state index is 7.73. The summed E-state index contributed by atoms with van der Waals surface area (Å²) in [6, 6.07) is 5.69. The van der Waals surface area contributed by atoms with Crippen molar-refractivity contribution in [1.82, 2.24) is 19.6 Å². The van der Waals surface area contributed by atoms with Crippen molar-refractivity contribution >= 4 is 11.5 Å². The highest BCUT2D eigenvalue weighted by molar-refractivity contribution is 6.02. The molecule has 3 aromatic rings. The average Bonchev–Trinajstić information content (AvgIpc) is 2.84. The molecule has 0 saturated heterocycles. The number of nitrogen functional groups attached to an aromatic ring is 1. The molecule has 0 aromatic carbocycles. The molecular formula is C14H14N6. The maximum absolute atomic E-state index is 7.73. The SMILES string of the molecule is Cc1cc(C)n2nc(-c3cccnc3)nc2c1C(=N)N. The van der Waals surface area contributed by atoms with Gasteiger partial charge in [0.2, 0.25) is 0 Å². The van der Waals surface area contributed by atoms with Gasteiger partial charge < -0.3 is 5.73 Å². The van der Waals surface area contributed by atoms with Crippen molar-refractivity contribution in [2.45, 2.75) is 13.8 Å². The first-order valence-corrected chi connectivity index (χ1v) is 6.19. The number of aromatic nitrogens is 4. The van der Waals surface area contributed by atoms with Crippen molar-refractivity contribution in [1.29, 1.82) is 5.41 Å². The van der Waals surface area contributed by atoms with Gasteiger partial charge in [-0.2, -0.15) is 0 Å². The second-order valence-electron chi connectivity index (χ2n) is 4.67. The van der Waals surface area contributed by atoms with Crippen molar-refractivity contribution in [2.24, 2.45) is 5.73 Å². The van der Waals surface area contributed by atoms with E-state index in [1.54, 1.807) is 16.9 Å². The minimum atomic E-state index is -0.00219. The van der Waals surface area contributed by atoms with Crippen LogP contribution in [0.15, 0.2) is 30.6 Å². The second-order valence-corrected chi connectivity index (χ2v) is 4.67. The molecule has 6 heteroatoms. The molecule has 100 valence electrons. The van der Waals surface area contributed by atoms with Crippen molar-refractivity contribution in [3.8, 4) is 11.4 Å². The molecule has 0 spiro atoms. The monoisotopic (exact) mass is 266 g/mol. The highest BCUT2D eigenvalue weighted by atomic mass is 15.3. The highest BCUT2D eigenvalue weighted by Crippen LogP contribution is 2.20. The van der Waals surface area contributed by atoms with Crippen molar-refractivity contribution in [3.63, 3.8) is 0 Å². The van der Waals surface area contributed by atoms with E-state index in [9.17, 15) is 0 Å². The van der Waals surface area contributed by atoms with Crippen molar-refractivity contribution in [2.75, 3.05) is 0 Å². The van der Waals surface area contributed by atoms with Gasteiger partial charge in [-0.3, -0.25) is 10.4 Å². The molecule has 0 aliphatic rings. The Labute approximate surface area is 115 Å². The smallest absolute Gasteiger partial charge is 0.183 e. The number of hydrogen-bond acceptors (Lipinski definition) is 4. The zero-order valence-electron chi connectivity index (χ0n) is 11.3. The Balaban J connectivity index is 2.33. The number of hydrogen-bond donors (Lipinski definition) is 2. The summed E-state index contributed by atoms with van der Waals surface area (Å²) < 4.78 is 1.71. The van der Waals surface area contributed by atoms with Gasteiger partial charge in [0.15, 0.2) is 11.5 Å². The number of aryl methyl sites for hydroxylation is 2. The fraction of sp³-hybridized carbons (Fsp3) is 0.143. The molecule has 0 atom stereocenters. The molecule has 0 aliphatic carbocycles. The lowest BCUT2D eigenvalue weighted by Crippen LogP contribution is -2.15. The summed E-state index contributed by atoms with van der Waals surface area (Å²) >= 11 is 0. The first-order valence-electron chi connectivity index (χ1n) is 6.19. The van der Waals surface area contributed by atoms with Gasteiger partial charge in [-0.15, -0.1) is 5.10 Å². The molecule has 0 unspecified atom stereocenters. The Kier molecular flexibility index (Phi) is 2.71. The minimum absolute atomic E-state index is 0.00219. The van der Waals surface area contributed by atoms with E-state index in [2.05, 4.69) is 15.1 Å². The van der Waals surface area contributed by atoms with Crippen LogP contribution in [0.4, 0.5) is 0 Å². The average molecular weight is 266 g/mol. The number of pyridine rings is 2. The summed E-state index contributed by atoms with van der Waals surface area (Å²) in [7, 11) is 0.